The average molecular weight is 262 g/mol. The third-order valence-electron chi connectivity index (χ3n) is 4.43. The number of carboxylic acid groups (broad SMARTS) is 1. The van der Waals surface area contributed by atoms with Gasteiger partial charge in [0, 0.05) is 6.61 Å². The molecule has 0 aromatic carbocycles. The van der Waals surface area contributed by atoms with E-state index in [-0.39, 0.29) is 25.4 Å². The van der Waals surface area contributed by atoms with E-state index in [0.29, 0.717) is 0 Å². The van der Waals surface area contributed by atoms with Gasteiger partial charge in [-0.05, 0) is 18.8 Å². The van der Waals surface area contributed by atoms with Crippen molar-refractivity contribution in [3.05, 3.63) is 0 Å². The van der Waals surface area contributed by atoms with E-state index in [2.05, 4.69) is 0 Å². The molecule has 1 unspecified atom stereocenters. The van der Waals surface area contributed by atoms with E-state index in [1.807, 2.05) is 0 Å². The molecule has 0 aromatic rings. The Hall–Kier alpha value is -0.710. The largest absolute Gasteiger partial charge is 0.481 e. The van der Waals surface area contributed by atoms with Gasteiger partial charge < -0.3 is 9.84 Å². The van der Waals surface area contributed by atoms with E-state index in [4.69, 9.17) is 4.74 Å². The summed E-state index contributed by atoms with van der Waals surface area (Å²) >= 11 is 0. The van der Waals surface area contributed by atoms with Gasteiger partial charge in [0.25, 0.3) is 5.92 Å². The number of hydrogen-bond donors (Lipinski definition) is 1. The summed E-state index contributed by atoms with van der Waals surface area (Å²) in [6, 6.07) is 0. The van der Waals surface area contributed by atoms with Crippen LogP contribution in [0.1, 0.15) is 44.9 Å². The predicted octanol–water partition coefficient (Wildman–Crippen LogP) is 3.08. The number of rotatable bonds is 3. The lowest BCUT2D eigenvalue weighted by Crippen LogP contribution is -2.55. The van der Waals surface area contributed by atoms with Crippen molar-refractivity contribution in [1.82, 2.24) is 0 Å². The molecule has 0 bridgehead atoms. The smallest absolute Gasteiger partial charge is 0.315 e. The standard InChI is InChI=1S/C13H20F2O3/c14-13(15)9-18-7-6-12(13,11(16)17)8-10-4-2-1-3-5-10/h10H,1-9H2,(H,16,17). The molecule has 0 radical (unpaired) electrons. The minimum Gasteiger partial charge on any atom is -0.481 e. The summed E-state index contributed by atoms with van der Waals surface area (Å²) in [4.78, 5) is 11.4. The zero-order valence-corrected chi connectivity index (χ0v) is 10.5. The fourth-order valence-electron chi connectivity index (χ4n) is 3.25. The maximum atomic E-state index is 14.0. The number of carbonyl (C=O) groups is 1. The highest BCUT2D eigenvalue weighted by molar-refractivity contribution is 5.76. The summed E-state index contributed by atoms with van der Waals surface area (Å²) in [6.07, 6.45) is 4.98. The summed E-state index contributed by atoms with van der Waals surface area (Å²) in [5.41, 5.74) is -1.91. The molecule has 0 aromatic heterocycles. The molecule has 1 N–H and O–H groups in total. The van der Waals surface area contributed by atoms with Gasteiger partial charge in [-0.2, -0.15) is 0 Å². The lowest BCUT2D eigenvalue weighted by molar-refractivity contribution is -0.223. The van der Waals surface area contributed by atoms with Crippen molar-refractivity contribution in [2.45, 2.75) is 50.9 Å². The highest BCUT2D eigenvalue weighted by atomic mass is 19.3. The second kappa shape index (κ2) is 5.11. The monoisotopic (exact) mass is 262 g/mol. The minimum atomic E-state index is -3.26. The average Bonchev–Trinajstić information content (AvgIpc) is 2.33. The third-order valence-corrected chi connectivity index (χ3v) is 4.43. The second-order valence-electron chi connectivity index (χ2n) is 5.60. The van der Waals surface area contributed by atoms with Crippen molar-refractivity contribution in [3.63, 3.8) is 0 Å². The fraction of sp³-hybridized carbons (Fsp3) is 0.923. The summed E-state index contributed by atoms with van der Waals surface area (Å²) in [6.45, 7) is -0.638. The van der Waals surface area contributed by atoms with Gasteiger partial charge in [0.05, 0.1) is 0 Å². The number of aliphatic carboxylic acids is 1. The van der Waals surface area contributed by atoms with E-state index >= 15 is 0 Å². The number of ether oxygens (including phenoxy) is 1. The molecular formula is C13H20F2O3. The van der Waals surface area contributed by atoms with Crippen LogP contribution in [0.3, 0.4) is 0 Å². The van der Waals surface area contributed by atoms with Crippen LogP contribution in [0.2, 0.25) is 0 Å². The Labute approximate surface area is 106 Å². The molecule has 2 aliphatic rings. The van der Waals surface area contributed by atoms with Crippen molar-refractivity contribution in [3.8, 4) is 0 Å². The Balaban J connectivity index is 2.17. The van der Waals surface area contributed by atoms with Crippen LogP contribution in [0.15, 0.2) is 0 Å². The van der Waals surface area contributed by atoms with E-state index < -0.39 is 23.9 Å². The van der Waals surface area contributed by atoms with Crippen LogP contribution in [-0.2, 0) is 9.53 Å². The van der Waals surface area contributed by atoms with E-state index in [1.54, 1.807) is 0 Å². The van der Waals surface area contributed by atoms with Gasteiger partial charge in [-0.1, -0.05) is 32.1 Å². The SMILES string of the molecule is O=C(O)C1(CC2CCCCC2)CCOCC1(F)F. The van der Waals surface area contributed by atoms with Gasteiger partial charge in [-0.15, -0.1) is 0 Å². The quantitative estimate of drug-likeness (QED) is 0.850. The molecule has 1 heterocycles. The maximum absolute atomic E-state index is 14.0. The third kappa shape index (κ3) is 2.37. The predicted molar refractivity (Wildman–Crippen MR) is 61.6 cm³/mol. The van der Waals surface area contributed by atoms with Gasteiger partial charge in [0.2, 0.25) is 0 Å². The Morgan fingerprint density at radius 1 is 1.28 bits per heavy atom. The molecular weight excluding hydrogens is 242 g/mol. The van der Waals surface area contributed by atoms with Crippen molar-refractivity contribution in [1.29, 1.82) is 0 Å². The topological polar surface area (TPSA) is 46.5 Å². The van der Waals surface area contributed by atoms with Crippen LogP contribution in [0.25, 0.3) is 0 Å². The first-order valence-electron chi connectivity index (χ1n) is 6.67. The Kier molecular flexibility index (Phi) is 3.90. The van der Waals surface area contributed by atoms with Gasteiger partial charge in [0.15, 0.2) is 0 Å². The Morgan fingerprint density at radius 2 is 1.94 bits per heavy atom. The van der Waals surface area contributed by atoms with E-state index in [0.717, 1.165) is 32.1 Å². The van der Waals surface area contributed by atoms with Gasteiger partial charge >= 0.3 is 5.97 Å². The van der Waals surface area contributed by atoms with Crippen LogP contribution in [-0.4, -0.2) is 30.2 Å². The van der Waals surface area contributed by atoms with Crippen molar-refractivity contribution in [2.24, 2.45) is 11.3 Å². The highest BCUT2D eigenvalue weighted by Gasteiger charge is 2.61. The Morgan fingerprint density at radius 3 is 2.50 bits per heavy atom. The maximum Gasteiger partial charge on any atom is 0.315 e. The normalized spacial score (nSPS) is 33.2. The molecule has 1 aliphatic heterocycles. The first-order chi connectivity index (χ1) is 8.48. The lowest BCUT2D eigenvalue weighted by Gasteiger charge is -2.42. The van der Waals surface area contributed by atoms with Crippen LogP contribution < -0.4 is 0 Å². The van der Waals surface area contributed by atoms with Crippen LogP contribution >= 0.6 is 0 Å². The summed E-state index contributed by atoms with van der Waals surface area (Å²) in [7, 11) is 0. The van der Waals surface area contributed by atoms with Crippen LogP contribution in [0.4, 0.5) is 8.78 Å². The molecule has 3 nitrogen and oxygen atoms in total. The number of alkyl halides is 2. The van der Waals surface area contributed by atoms with E-state index in [1.165, 1.54) is 0 Å². The zero-order chi connectivity index (χ0) is 13.2. The highest BCUT2D eigenvalue weighted by Crippen LogP contribution is 2.49. The summed E-state index contributed by atoms with van der Waals surface area (Å²) in [5, 5.41) is 9.32. The Bertz CT molecular complexity index is 313. The van der Waals surface area contributed by atoms with Gasteiger partial charge in [0.1, 0.15) is 12.0 Å². The second-order valence-corrected chi connectivity index (χ2v) is 5.60. The summed E-state index contributed by atoms with van der Waals surface area (Å²) < 4.78 is 32.8. The first-order valence-corrected chi connectivity index (χ1v) is 6.67. The molecule has 18 heavy (non-hydrogen) atoms. The molecule has 1 aliphatic carbocycles. The number of carboxylic acids is 1. The molecule has 1 saturated carbocycles. The first kappa shape index (κ1) is 13.7. The summed E-state index contributed by atoms with van der Waals surface area (Å²) in [5.74, 6) is -4.49. The van der Waals surface area contributed by atoms with Crippen LogP contribution in [0, 0.1) is 11.3 Å². The van der Waals surface area contributed by atoms with Crippen molar-refractivity contribution >= 4 is 5.97 Å². The van der Waals surface area contributed by atoms with E-state index in [9.17, 15) is 18.7 Å². The number of halogens is 2. The molecule has 104 valence electrons. The van der Waals surface area contributed by atoms with Gasteiger partial charge in [-0.25, -0.2) is 8.78 Å². The van der Waals surface area contributed by atoms with Crippen molar-refractivity contribution in [2.75, 3.05) is 13.2 Å². The molecule has 2 rings (SSSR count). The molecule has 1 atom stereocenters. The molecule has 1 saturated heterocycles. The van der Waals surface area contributed by atoms with Gasteiger partial charge in [-0.3, -0.25) is 4.79 Å². The molecule has 5 heteroatoms. The molecule has 2 fully saturated rings. The lowest BCUT2D eigenvalue weighted by atomic mass is 9.68. The zero-order valence-electron chi connectivity index (χ0n) is 10.5. The fourth-order valence-corrected chi connectivity index (χ4v) is 3.25. The van der Waals surface area contributed by atoms with Crippen molar-refractivity contribution < 1.29 is 23.4 Å². The minimum absolute atomic E-state index is 0.0775. The number of hydrogen-bond acceptors (Lipinski definition) is 2. The molecule has 0 spiro atoms. The van der Waals surface area contributed by atoms with Crippen LogP contribution in [0.5, 0.6) is 0 Å². The molecule has 0 amide bonds.